The second-order valence-corrected chi connectivity index (χ2v) is 7.99. The summed E-state index contributed by atoms with van der Waals surface area (Å²) in [7, 11) is 0. The van der Waals surface area contributed by atoms with Crippen LogP contribution >= 0.6 is 23.2 Å². The van der Waals surface area contributed by atoms with E-state index in [2.05, 4.69) is 15.1 Å². The van der Waals surface area contributed by atoms with E-state index in [1.54, 1.807) is 10.6 Å². The minimum atomic E-state index is 0.309. The fourth-order valence-electron chi connectivity index (χ4n) is 3.48. The lowest BCUT2D eigenvalue weighted by Gasteiger charge is -2.24. The molecule has 1 spiro atoms. The average molecular weight is 390 g/mol. The molecule has 134 valence electrons. The Kier molecular flexibility index (Phi) is 3.81. The van der Waals surface area contributed by atoms with Gasteiger partial charge in [0.25, 0.3) is 0 Å². The highest BCUT2D eigenvalue weighted by Crippen LogP contribution is 2.47. The van der Waals surface area contributed by atoms with Gasteiger partial charge in [-0.25, -0.2) is 0 Å². The van der Waals surface area contributed by atoms with E-state index >= 15 is 0 Å². The van der Waals surface area contributed by atoms with Crippen LogP contribution in [-0.4, -0.2) is 46.1 Å². The van der Waals surface area contributed by atoms with Crippen LogP contribution in [0.2, 0.25) is 10.0 Å². The quantitative estimate of drug-likeness (QED) is 0.668. The molecule has 3 heterocycles. The number of rotatable bonds is 2. The Hall–Kier alpha value is -1.89. The summed E-state index contributed by atoms with van der Waals surface area (Å²) in [6, 6.07) is 9.27. The molecule has 1 saturated carbocycles. The van der Waals surface area contributed by atoms with Crippen molar-refractivity contribution in [1.82, 2.24) is 19.8 Å². The first-order chi connectivity index (χ1) is 12.6. The highest BCUT2D eigenvalue weighted by Gasteiger charge is 2.45. The molecular formula is C18H17Cl2N5O. The molecule has 2 fully saturated rings. The van der Waals surface area contributed by atoms with Gasteiger partial charge in [0, 0.05) is 34.1 Å². The van der Waals surface area contributed by atoms with Gasteiger partial charge in [0.15, 0.2) is 11.5 Å². The fraction of sp³-hybridized carbons (Fsp3) is 0.389. The summed E-state index contributed by atoms with van der Waals surface area (Å²) in [5.74, 6) is 1.53. The zero-order valence-electron chi connectivity index (χ0n) is 14.0. The maximum atomic E-state index is 6.14. The predicted octanol–water partition coefficient (Wildman–Crippen LogP) is 3.71. The van der Waals surface area contributed by atoms with Crippen LogP contribution in [-0.2, 0) is 4.74 Å². The van der Waals surface area contributed by atoms with Gasteiger partial charge in [0.05, 0.1) is 13.2 Å². The molecule has 8 heteroatoms. The largest absolute Gasteiger partial charge is 0.379 e. The van der Waals surface area contributed by atoms with Crippen molar-refractivity contribution >= 4 is 34.7 Å². The van der Waals surface area contributed by atoms with E-state index in [9.17, 15) is 0 Å². The van der Waals surface area contributed by atoms with E-state index < -0.39 is 0 Å². The Balaban J connectivity index is 1.56. The molecule has 6 nitrogen and oxygen atoms in total. The summed E-state index contributed by atoms with van der Waals surface area (Å²) in [5, 5.41) is 14.4. The monoisotopic (exact) mass is 389 g/mol. The first-order valence-corrected chi connectivity index (χ1v) is 9.39. The first kappa shape index (κ1) is 16.3. The molecule has 0 radical (unpaired) electrons. The zero-order chi connectivity index (χ0) is 17.7. The maximum absolute atomic E-state index is 6.14. The summed E-state index contributed by atoms with van der Waals surface area (Å²) < 4.78 is 7.54. The number of ether oxygens (including phenoxy) is 1. The Bertz CT molecular complexity index is 965. The van der Waals surface area contributed by atoms with Gasteiger partial charge in [0.2, 0.25) is 0 Å². The number of benzene rings is 1. The van der Waals surface area contributed by atoms with Crippen LogP contribution in [0.1, 0.15) is 12.8 Å². The highest BCUT2D eigenvalue weighted by molar-refractivity contribution is 6.35. The van der Waals surface area contributed by atoms with E-state index in [0.29, 0.717) is 26.9 Å². The van der Waals surface area contributed by atoms with Crippen molar-refractivity contribution in [2.75, 3.05) is 31.2 Å². The normalized spacial score (nSPS) is 19.1. The highest BCUT2D eigenvalue weighted by atomic mass is 35.5. The van der Waals surface area contributed by atoms with Crippen LogP contribution in [0.15, 0.2) is 30.3 Å². The van der Waals surface area contributed by atoms with Crippen molar-refractivity contribution in [3.63, 3.8) is 0 Å². The summed E-state index contributed by atoms with van der Waals surface area (Å²) in [6.07, 6.45) is 2.45. The Morgan fingerprint density at radius 1 is 1.04 bits per heavy atom. The predicted molar refractivity (Wildman–Crippen MR) is 101 cm³/mol. The van der Waals surface area contributed by atoms with Crippen LogP contribution < -0.4 is 4.90 Å². The molecule has 0 unspecified atom stereocenters. The molecule has 2 aromatic heterocycles. The number of fused-ring (bicyclic) bond motifs is 1. The van der Waals surface area contributed by atoms with Gasteiger partial charge >= 0.3 is 0 Å². The standard InChI is InChI=1S/C18H17Cl2N5O/c19-13-7-12(8-14(20)9-13)17-22-21-15-1-2-16(23-25(15)17)24-5-6-26-11-18(10-24)3-4-18/h1-2,7-9H,3-6,10-11H2. The van der Waals surface area contributed by atoms with Gasteiger partial charge in [-0.3, -0.25) is 0 Å². The van der Waals surface area contributed by atoms with Crippen LogP contribution in [0.4, 0.5) is 5.82 Å². The summed E-state index contributed by atoms with van der Waals surface area (Å²) in [5.41, 5.74) is 1.79. The minimum Gasteiger partial charge on any atom is -0.379 e. The van der Waals surface area contributed by atoms with Crippen LogP contribution in [0.3, 0.4) is 0 Å². The summed E-state index contributed by atoms with van der Waals surface area (Å²) in [4.78, 5) is 2.30. The van der Waals surface area contributed by atoms with E-state index in [1.165, 1.54) is 12.8 Å². The van der Waals surface area contributed by atoms with Crippen LogP contribution in [0.25, 0.3) is 17.0 Å². The maximum Gasteiger partial charge on any atom is 0.185 e. The molecule has 0 N–H and O–H groups in total. The lowest BCUT2D eigenvalue weighted by atomic mass is 10.1. The molecule has 0 atom stereocenters. The lowest BCUT2D eigenvalue weighted by Crippen LogP contribution is -2.31. The van der Waals surface area contributed by atoms with Crippen LogP contribution in [0, 0.1) is 5.41 Å². The van der Waals surface area contributed by atoms with Gasteiger partial charge in [0.1, 0.15) is 5.82 Å². The second kappa shape index (κ2) is 6.08. The fourth-order valence-corrected chi connectivity index (χ4v) is 4.00. The van der Waals surface area contributed by atoms with Crippen molar-refractivity contribution in [3.8, 4) is 11.4 Å². The van der Waals surface area contributed by atoms with Crippen molar-refractivity contribution in [3.05, 3.63) is 40.4 Å². The molecule has 0 bridgehead atoms. The van der Waals surface area contributed by atoms with Crippen LogP contribution in [0.5, 0.6) is 0 Å². The molecular weight excluding hydrogens is 373 g/mol. The zero-order valence-corrected chi connectivity index (χ0v) is 15.5. The number of hydrogen-bond acceptors (Lipinski definition) is 5. The van der Waals surface area contributed by atoms with Gasteiger partial charge in [-0.05, 0) is 43.2 Å². The van der Waals surface area contributed by atoms with E-state index in [4.69, 9.17) is 33.0 Å². The Morgan fingerprint density at radius 3 is 2.62 bits per heavy atom. The molecule has 26 heavy (non-hydrogen) atoms. The molecule has 1 aliphatic carbocycles. The van der Waals surface area contributed by atoms with Gasteiger partial charge < -0.3 is 9.64 Å². The Labute approximate surface area is 160 Å². The minimum absolute atomic E-state index is 0.309. The number of anilines is 1. The van der Waals surface area contributed by atoms with Crippen molar-refractivity contribution in [2.45, 2.75) is 12.8 Å². The number of aromatic nitrogens is 4. The summed E-state index contributed by atoms with van der Waals surface area (Å²) in [6.45, 7) is 3.39. The first-order valence-electron chi connectivity index (χ1n) is 8.64. The topological polar surface area (TPSA) is 55.5 Å². The van der Waals surface area contributed by atoms with Crippen molar-refractivity contribution in [2.24, 2.45) is 5.41 Å². The van der Waals surface area contributed by atoms with Crippen molar-refractivity contribution < 1.29 is 4.74 Å². The third-order valence-corrected chi connectivity index (χ3v) is 5.53. The number of halogens is 2. The van der Waals surface area contributed by atoms with Gasteiger partial charge in [-0.1, -0.05) is 23.2 Å². The smallest absolute Gasteiger partial charge is 0.185 e. The second-order valence-electron chi connectivity index (χ2n) is 7.12. The SMILES string of the molecule is Clc1cc(Cl)cc(-c2nnc3ccc(N4CCOCC5(CC5)C4)nn23)c1. The number of hydrogen-bond donors (Lipinski definition) is 0. The lowest BCUT2D eigenvalue weighted by molar-refractivity contribution is 0.116. The van der Waals surface area contributed by atoms with Gasteiger partial charge in [-0.15, -0.1) is 15.3 Å². The Morgan fingerprint density at radius 2 is 1.85 bits per heavy atom. The third kappa shape index (κ3) is 2.92. The van der Waals surface area contributed by atoms with E-state index in [0.717, 1.165) is 37.7 Å². The van der Waals surface area contributed by atoms with Gasteiger partial charge in [-0.2, -0.15) is 4.52 Å². The molecule has 1 aromatic carbocycles. The van der Waals surface area contributed by atoms with Crippen molar-refractivity contribution in [1.29, 1.82) is 0 Å². The summed E-state index contributed by atoms with van der Waals surface area (Å²) >= 11 is 12.3. The molecule has 1 aliphatic heterocycles. The average Bonchev–Trinajstić information content (AvgIpc) is 3.31. The third-order valence-electron chi connectivity index (χ3n) is 5.09. The van der Waals surface area contributed by atoms with E-state index in [1.807, 2.05) is 24.3 Å². The number of nitrogens with zero attached hydrogens (tertiary/aromatic N) is 5. The molecule has 0 amide bonds. The molecule has 1 saturated heterocycles. The molecule has 3 aromatic rings. The molecule has 2 aliphatic rings. The molecule has 5 rings (SSSR count). The van der Waals surface area contributed by atoms with E-state index in [-0.39, 0.29) is 0 Å².